The Morgan fingerprint density at radius 2 is 1.55 bits per heavy atom. The van der Waals surface area contributed by atoms with Crippen LogP contribution in [-0.4, -0.2) is 28.8 Å². The number of nitrogens with one attached hydrogen (secondary N) is 2. The van der Waals surface area contributed by atoms with Crippen LogP contribution in [0.3, 0.4) is 0 Å². The Morgan fingerprint density at radius 1 is 0.895 bits per heavy atom. The first kappa shape index (κ1) is 24.8. The first-order valence-corrected chi connectivity index (χ1v) is 11.9. The van der Waals surface area contributed by atoms with E-state index in [0.29, 0.717) is 16.9 Å². The lowest BCUT2D eigenvalue weighted by Gasteiger charge is -2.24. The summed E-state index contributed by atoms with van der Waals surface area (Å²) < 4.78 is 24.2. The number of hydrogen-bond acceptors (Lipinski definition) is 5. The molecule has 38 heavy (non-hydrogen) atoms. The van der Waals surface area contributed by atoms with Crippen molar-refractivity contribution in [2.24, 2.45) is 0 Å². The molecule has 1 aliphatic heterocycles. The topological polar surface area (TPSA) is 101 Å². The van der Waals surface area contributed by atoms with Crippen molar-refractivity contribution in [1.29, 1.82) is 0 Å². The zero-order valence-corrected chi connectivity index (χ0v) is 20.4. The average molecular weight is 514 g/mol. The van der Waals surface area contributed by atoms with Crippen LogP contribution in [0.15, 0.2) is 95.6 Å². The van der Waals surface area contributed by atoms with E-state index in [4.69, 9.17) is 9.15 Å². The molecule has 8 nitrogen and oxygen atoms in total. The van der Waals surface area contributed by atoms with Crippen LogP contribution in [0, 0.1) is 12.7 Å². The Bertz CT molecular complexity index is 1440. The highest BCUT2D eigenvalue weighted by atomic mass is 19.1. The second-order valence-electron chi connectivity index (χ2n) is 8.91. The van der Waals surface area contributed by atoms with Crippen molar-refractivity contribution < 1.29 is 27.9 Å². The SMILES string of the molecule is Cc1ccc(CN2C(=O)O[C@@H](c3ccc(NC(=O)c4ccco4)cc3)[C@H]2C(=O)Nc2ccc(F)cc2)cc1. The number of furan rings is 1. The van der Waals surface area contributed by atoms with Gasteiger partial charge in [0.05, 0.1) is 12.8 Å². The van der Waals surface area contributed by atoms with Crippen LogP contribution in [0.4, 0.5) is 20.6 Å². The van der Waals surface area contributed by atoms with Gasteiger partial charge in [0.2, 0.25) is 0 Å². The highest BCUT2D eigenvalue weighted by molar-refractivity contribution is 6.02. The highest BCUT2D eigenvalue weighted by Gasteiger charge is 2.47. The number of hydrogen-bond donors (Lipinski definition) is 2. The quantitative estimate of drug-likeness (QED) is 0.331. The maximum Gasteiger partial charge on any atom is 0.411 e. The van der Waals surface area contributed by atoms with Gasteiger partial charge in [-0.05, 0) is 66.6 Å². The number of anilines is 2. The third-order valence-corrected chi connectivity index (χ3v) is 6.18. The number of benzene rings is 3. The van der Waals surface area contributed by atoms with Crippen LogP contribution in [0.25, 0.3) is 0 Å². The summed E-state index contributed by atoms with van der Waals surface area (Å²) in [6.45, 7) is 2.12. The first-order chi connectivity index (χ1) is 18.4. The van der Waals surface area contributed by atoms with Gasteiger partial charge < -0.3 is 19.8 Å². The van der Waals surface area contributed by atoms with Gasteiger partial charge in [-0.1, -0.05) is 42.0 Å². The maximum absolute atomic E-state index is 13.5. The van der Waals surface area contributed by atoms with Gasteiger partial charge in [0, 0.05) is 11.4 Å². The van der Waals surface area contributed by atoms with Crippen molar-refractivity contribution >= 4 is 29.3 Å². The molecule has 1 aliphatic rings. The Morgan fingerprint density at radius 3 is 2.21 bits per heavy atom. The molecule has 5 rings (SSSR count). The maximum atomic E-state index is 13.5. The largest absolute Gasteiger partial charge is 0.459 e. The zero-order valence-electron chi connectivity index (χ0n) is 20.4. The summed E-state index contributed by atoms with van der Waals surface area (Å²) in [5.41, 5.74) is 3.37. The number of carbonyl (C=O) groups is 3. The molecule has 9 heteroatoms. The van der Waals surface area contributed by atoms with Gasteiger partial charge in [-0.25, -0.2) is 9.18 Å². The molecule has 0 radical (unpaired) electrons. The Hall–Kier alpha value is -4.92. The number of amides is 3. The molecule has 1 saturated heterocycles. The van der Waals surface area contributed by atoms with Gasteiger partial charge in [0.25, 0.3) is 11.8 Å². The van der Waals surface area contributed by atoms with Crippen molar-refractivity contribution in [2.75, 3.05) is 10.6 Å². The molecule has 0 saturated carbocycles. The number of carbonyl (C=O) groups excluding carboxylic acids is 3. The van der Waals surface area contributed by atoms with Crippen molar-refractivity contribution in [3.05, 3.63) is 119 Å². The minimum absolute atomic E-state index is 0.161. The van der Waals surface area contributed by atoms with E-state index in [1.165, 1.54) is 35.4 Å². The fourth-order valence-corrected chi connectivity index (χ4v) is 4.21. The van der Waals surface area contributed by atoms with Crippen LogP contribution in [0.1, 0.15) is 33.3 Å². The summed E-state index contributed by atoms with van der Waals surface area (Å²) in [6.07, 6.45) is -0.139. The Labute approximate surface area is 218 Å². The summed E-state index contributed by atoms with van der Waals surface area (Å²) in [7, 11) is 0. The van der Waals surface area contributed by atoms with Crippen LogP contribution in [0.5, 0.6) is 0 Å². The monoisotopic (exact) mass is 513 g/mol. The number of halogens is 1. The fourth-order valence-electron chi connectivity index (χ4n) is 4.21. The van der Waals surface area contributed by atoms with E-state index in [9.17, 15) is 18.8 Å². The number of cyclic esters (lactones) is 1. The number of aryl methyl sites for hydroxylation is 1. The molecule has 0 spiro atoms. The summed E-state index contributed by atoms with van der Waals surface area (Å²) in [5, 5.41) is 5.49. The molecule has 0 unspecified atom stereocenters. The van der Waals surface area contributed by atoms with Crippen LogP contribution in [-0.2, 0) is 16.1 Å². The van der Waals surface area contributed by atoms with Crippen LogP contribution >= 0.6 is 0 Å². The van der Waals surface area contributed by atoms with Gasteiger partial charge in [-0.15, -0.1) is 0 Å². The molecule has 4 aromatic rings. The first-order valence-electron chi connectivity index (χ1n) is 11.9. The summed E-state index contributed by atoms with van der Waals surface area (Å²) in [4.78, 5) is 40.1. The van der Waals surface area contributed by atoms with Gasteiger partial charge in [0.1, 0.15) is 5.82 Å². The number of ether oxygens (including phenoxy) is 1. The summed E-state index contributed by atoms with van der Waals surface area (Å²) in [6, 6.07) is 21.8. The van der Waals surface area contributed by atoms with E-state index in [-0.39, 0.29) is 12.3 Å². The van der Waals surface area contributed by atoms with Gasteiger partial charge in [0.15, 0.2) is 17.9 Å². The van der Waals surface area contributed by atoms with Crippen molar-refractivity contribution in [3.63, 3.8) is 0 Å². The second kappa shape index (κ2) is 10.6. The molecule has 2 N–H and O–H groups in total. The Balaban J connectivity index is 1.40. The van der Waals surface area contributed by atoms with E-state index < -0.39 is 35.9 Å². The molecule has 3 aromatic carbocycles. The van der Waals surface area contributed by atoms with E-state index in [2.05, 4.69) is 10.6 Å². The third-order valence-electron chi connectivity index (χ3n) is 6.18. The Kier molecular flexibility index (Phi) is 6.90. The molecule has 3 amide bonds. The molecular weight excluding hydrogens is 489 g/mol. The van der Waals surface area contributed by atoms with E-state index in [0.717, 1.165) is 11.1 Å². The van der Waals surface area contributed by atoms with Crippen molar-refractivity contribution in [3.8, 4) is 0 Å². The van der Waals surface area contributed by atoms with E-state index in [1.807, 2.05) is 31.2 Å². The number of nitrogens with zero attached hydrogens (tertiary/aromatic N) is 1. The van der Waals surface area contributed by atoms with Gasteiger partial charge in [-0.3, -0.25) is 14.5 Å². The zero-order chi connectivity index (χ0) is 26.6. The number of rotatable bonds is 7. The fraction of sp³-hybridized carbons (Fsp3) is 0.138. The molecule has 0 bridgehead atoms. The summed E-state index contributed by atoms with van der Waals surface area (Å²) in [5.74, 6) is -1.14. The van der Waals surface area contributed by atoms with E-state index in [1.54, 1.807) is 36.4 Å². The summed E-state index contributed by atoms with van der Waals surface area (Å²) >= 11 is 0. The van der Waals surface area contributed by atoms with Crippen molar-refractivity contribution in [2.45, 2.75) is 25.6 Å². The van der Waals surface area contributed by atoms with Gasteiger partial charge >= 0.3 is 6.09 Å². The predicted molar refractivity (Wildman–Crippen MR) is 138 cm³/mol. The average Bonchev–Trinajstić information content (AvgIpc) is 3.56. The lowest BCUT2D eigenvalue weighted by molar-refractivity contribution is -0.121. The van der Waals surface area contributed by atoms with Gasteiger partial charge in [-0.2, -0.15) is 0 Å². The van der Waals surface area contributed by atoms with E-state index >= 15 is 0 Å². The second-order valence-corrected chi connectivity index (χ2v) is 8.91. The minimum Gasteiger partial charge on any atom is -0.459 e. The van der Waals surface area contributed by atoms with Crippen LogP contribution in [0.2, 0.25) is 0 Å². The smallest absolute Gasteiger partial charge is 0.411 e. The molecular formula is C29H24FN3O5. The molecule has 192 valence electrons. The van der Waals surface area contributed by atoms with Crippen molar-refractivity contribution in [1.82, 2.24) is 4.90 Å². The third kappa shape index (κ3) is 5.41. The molecule has 2 atom stereocenters. The molecule has 2 heterocycles. The normalized spacial score (nSPS) is 16.7. The van der Waals surface area contributed by atoms with Crippen LogP contribution < -0.4 is 10.6 Å². The molecule has 1 fully saturated rings. The molecule has 1 aromatic heterocycles. The lowest BCUT2D eigenvalue weighted by atomic mass is 10.00. The highest BCUT2D eigenvalue weighted by Crippen LogP contribution is 2.35. The standard InChI is InChI=1S/C29H24FN3O5/c1-18-4-6-19(7-5-18)17-33-25(28(35)32-23-14-10-21(30)11-15-23)26(38-29(33)36)20-8-12-22(13-9-20)31-27(34)24-3-2-16-37-24/h2-16,25-26H,17H2,1H3,(H,31,34)(H,32,35)/t25-,26-/m0/s1. The molecule has 0 aliphatic carbocycles. The predicted octanol–water partition coefficient (Wildman–Crippen LogP) is 5.68. The minimum atomic E-state index is -1.00. The lowest BCUT2D eigenvalue weighted by Crippen LogP contribution is -2.43.